The Morgan fingerprint density at radius 3 is 2.63 bits per heavy atom. The Kier molecular flexibility index (Phi) is 4.83. The van der Waals surface area contributed by atoms with Crippen molar-refractivity contribution in [2.75, 3.05) is 0 Å². The highest BCUT2D eigenvalue weighted by Gasteiger charge is 2.30. The smallest absolute Gasteiger partial charge is 0.300 e. The van der Waals surface area contributed by atoms with Crippen LogP contribution < -0.4 is 9.47 Å². The number of aryl methyl sites for hydroxylation is 1. The lowest BCUT2D eigenvalue weighted by Crippen LogP contribution is -2.28. The summed E-state index contributed by atoms with van der Waals surface area (Å²) in [6.45, 7) is 4.27. The first-order valence-electron chi connectivity index (χ1n) is 7.23. The van der Waals surface area contributed by atoms with Gasteiger partial charge in [0, 0.05) is 6.42 Å². The second-order valence-corrected chi connectivity index (χ2v) is 5.02. The van der Waals surface area contributed by atoms with Gasteiger partial charge < -0.3 is 9.47 Å². The third-order valence-corrected chi connectivity index (χ3v) is 3.30. The molecule has 0 bridgehead atoms. The molecule has 0 saturated heterocycles. The van der Waals surface area contributed by atoms with Gasteiger partial charge in [0.1, 0.15) is 0 Å². The van der Waals surface area contributed by atoms with Gasteiger partial charge in [0.2, 0.25) is 5.78 Å². The number of fused-ring (bicyclic) bond motifs is 1. The van der Waals surface area contributed by atoms with Crippen molar-refractivity contribution in [2.45, 2.75) is 58.7 Å². The standard InChI is InChI=1S/C16H22O3/c1-3-5-6-8-13(17)16-18-14-10-9-12(7-4-2)11-15(14)19-16/h9-11,16H,3-8H2,1-2H3. The number of Topliss-reactive ketones (excluding diaryl/α,β-unsaturated/α-hetero) is 1. The minimum absolute atomic E-state index is 0.0432. The van der Waals surface area contributed by atoms with Gasteiger partial charge in [-0.3, -0.25) is 4.79 Å². The van der Waals surface area contributed by atoms with Gasteiger partial charge >= 0.3 is 6.29 Å². The number of unbranched alkanes of at least 4 members (excludes halogenated alkanes) is 2. The summed E-state index contributed by atoms with van der Waals surface area (Å²) < 4.78 is 11.2. The Hall–Kier alpha value is -1.51. The van der Waals surface area contributed by atoms with Crippen LogP contribution in [-0.4, -0.2) is 12.1 Å². The fourth-order valence-corrected chi connectivity index (χ4v) is 2.24. The fourth-order valence-electron chi connectivity index (χ4n) is 2.24. The van der Waals surface area contributed by atoms with Gasteiger partial charge in [0.15, 0.2) is 11.5 Å². The van der Waals surface area contributed by atoms with Gasteiger partial charge in [-0.2, -0.15) is 0 Å². The highest BCUT2D eigenvalue weighted by molar-refractivity contribution is 5.83. The van der Waals surface area contributed by atoms with Crippen molar-refractivity contribution in [2.24, 2.45) is 0 Å². The molecule has 3 heteroatoms. The zero-order chi connectivity index (χ0) is 13.7. The van der Waals surface area contributed by atoms with E-state index in [1.807, 2.05) is 18.2 Å². The van der Waals surface area contributed by atoms with Gasteiger partial charge in [-0.05, 0) is 30.5 Å². The van der Waals surface area contributed by atoms with E-state index in [0.29, 0.717) is 17.9 Å². The summed E-state index contributed by atoms with van der Waals surface area (Å²) in [4.78, 5) is 11.9. The molecule has 1 aliphatic rings. The molecule has 1 aliphatic heterocycles. The molecule has 0 aliphatic carbocycles. The van der Waals surface area contributed by atoms with Crippen molar-refractivity contribution in [1.82, 2.24) is 0 Å². The lowest BCUT2D eigenvalue weighted by Gasteiger charge is -2.08. The summed E-state index contributed by atoms with van der Waals surface area (Å²) in [6.07, 6.45) is 5.02. The van der Waals surface area contributed by atoms with E-state index in [1.54, 1.807) is 0 Å². The van der Waals surface area contributed by atoms with Crippen LogP contribution in [0.2, 0.25) is 0 Å². The molecule has 0 aromatic heterocycles. The number of ether oxygens (including phenoxy) is 2. The maximum Gasteiger partial charge on any atom is 0.300 e. The summed E-state index contributed by atoms with van der Waals surface area (Å²) in [5.74, 6) is 1.44. The summed E-state index contributed by atoms with van der Waals surface area (Å²) in [5, 5.41) is 0. The Bertz CT molecular complexity index is 440. The molecule has 104 valence electrons. The molecule has 1 unspecified atom stereocenters. The average molecular weight is 262 g/mol. The molecule has 1 aromatic rings. The Balaban J connectivity index is 1.93. The molecule has 1 atom stereocenters. The summed E-state index contributed by atoms with van der Waals surface area (Å²) >= 11 is 0. The first kappa shape index (κ1) is 13.9. The zero-order valence-electron chi connectivity index (χ0n) is 11.8. The van der Waals surface area contributed by atoms with Crippen LogP contribution in [0.1, 0.15) is 51.5 Å². The van der Waals surface area contributed by atoms with Gasteiger partial charge in [-0.1, -0.05) is 39.2 Å². The molecule has 2 rings (SSSR count). The lowest BCUT2D eigenvalue weighted by molar-refractivity contribution is -0.134. The fraction of sp³-hybridized carbons (Fsp3) is 0.562. The second kappa shape index (κ2) is 6.60. The number of hydrogen-bond donors (Lipinski definition) is 0. The number of carbonyl (C=O) groups excluding carboxylic acids is 1. The van der Waals surface area contributed by atoms with Crippen LogP contribution in [0.4, 0.5) is 0 Å². The van der Waals surface area contributed by atoms with Crippen LogP contribution in [0.25, 0.3) is 0 Å². The van der Waals surface area contributed by atoms with Crippen molar-refractivity contribution >= 4 is 5.78 Å². The number of carbonyl (C=O) groups is 1. The first-order valence-corrected chi connectivity index (χ1v) is 7.23. The molecular formula is C16H22O3. The molecule has 0 amide bonds. The van der Waals surface area contributed by atoms with E-state index in [4.69, 9.17) is 9.47 Å². The van der Waals surface area contributed by atoms with Gasteiger partial charge in [0.05, 0.1) is 0 Å². The molecule has 0 radical (unpaired) electrons. The first-order chi connectivity index (χ1) is 9.24. The molecule has 0 spiro atoms. The van der Waals surface area contributed by atoms with Crippen LogP contribution >= 0.6 is 0 Å². The third-order valence-electron chi connectivity index (χ3n) is 3.30. The highest BCUT2D eigenvalue weighted by atomic mass is 16.7. The van der Waals surface area contributed by atoms with Crippen LogP contribution in [0.15, 0.2) is 18.2 Å². The largest absolute Gasteiger partial charge is 0.444 e. The predicted molar refractivity (Wildman–Crippen MR) is 74.6 cm³/mol. The van der Waals surface area contributed by atoms with E-state index in [2.05, 4.69) is 13.8 Å². The summed E-state index contributed by atoms with van der Waals surface area (Å²) in [6, 6.07) is 5.92. The van der Waals surface area contributed by atoms with E-state index in [1.165, 1.54) is 5.56 Å². The Labute approximate surface area is 114 Å². The van der Waals surface area contributed by atoms with Crippen molar-refractivity contribution < 1.29 is 14.3 Å². The molecule has 19 heavy (non-hydrogen) atoms. The molecular weight excluding hydrogens is 240 g/mol. The highest BCUT2D eigenvalue weighted by Crippen LogP contribution is 2.36. The van der Waals surface area contributed by atoms with E-state index >= 15 is 0 Å². The Morgan fingerprint density at radius 2 is 1.89 bits per heavy atom. The Morgan fingerprint density at radius 1 is 1.11 bits per heavy atom. The summed E-state index contributed by atoms with van der Waals surface area (Å²) in [5.41, 5.74) is 1.23. The van der Waals surface area contributed by atoms with Crippen molar-refractivity contribution in [3.05, 3.63) is 23.8 Å². The quantitative estimate of drug-likeness (QED) is 0.699. The predicted octanol–water partition coefficient (Wildman–Crippen LogP) is 3.89. The van der Waals surface area contributed by atoms with Gasteiger partial charge in [0.25, 0.3) is 0 Å². The minimum atomic E-state index is -0.733. The van der Waals surface area contributed by atoms with Crippen LogP contribution in [0, 0.1) is 0 Å². The third kappa shape index (κ3) is 3.49. The van der Waals surface area contributed by atoms with Crippen LogP contribution in [0.3, 0.4) is 0 Å². The maximum absolute atomic E-state index is 11.9. The molecule has 3 nitrogen and oxygen atoms in total. The zero-order valence-corrected chi connectivity index (χ0v) is 11.8. The average Bonchev–Trinajstić information content (AvgIpc) is 2.82. The van der Waals surface area contributed by atoms with Crippen LogP contribution in [0.5, 0.6) is 11.5 Å². The monoisotopic (exact) mass is 262 g/mol. The normalized spacial score (nSPS) is 16.6. The van der Waals surface area contributed by atoms with Crippen molar-refractivity contribution in [3.8, 4) is 11.5 Å². The van der Waals surface area contributed by atoms with E-state index in [-0.39, 0.29) is 5.78 Å². The molecule has 1 heterocycles. The van der Waals surface area contributed by atoms with Crippen LogP contribution in [-0.2, 0) is 11.2 Å². The van der Waals surface area contributed by atoms with Crippen molar-refractivity contribution in [1.29, 1.82) is 0 Å². The van der Waals surface area contributed by atoms with Gasteiger partial charge in [-0.25, -0.2) is 0 Å². The minimum Gasteiger partial charge on any atom is -0.444 e. The lowest BCUT2D eigenvalue weighted by atomic mass is 10.1. The molecule has 1 aromatic carbocycles. The molecule has 0 fully saturated rings. The number of ketones is 1. The van der Waals surface area contributed by atoms with E-state index in [9.17, 15) is 4.79 Å². The maximum atomic E-state index is 11.9. The van der Waals surface area contributed by atoms with E-state index in [0.717, 1.165) is 32.1 Å². The number of benzene rings is 1. The van der Waals surface area contributed by atoms with Gasteiger partial charge in [-0.15, -0.1) is 0 Å². The van der Waals surface area contributed by atoms with E-state index < -0.39 is 6.29 Å². The topological polar surface area (TPSA) is 35.5 Å². The number of hydrogen-bond acceptors (Lipinski definition) is 3. The molecule has 0 saturated carbocycles. The summed E-state index contributed by atoms with van der Waals surface area (Å²) in [7, 11) is 0. The molecule has 0 N–H and O–H groups in total. The number of rotatable bonds is 7. The SMILES string of the molecule is CCCCCC(=O)C1Oc2ccc(CCC)cc2O1. The van der Waals surface area contributed by atoms with Crippen molar-refractivity contribution in [3.63, 3.8) is 0 Å². The second-order valence-electron chi connectivity index (χ2n) is 5.02.